The van der Waals surface area contributed by atoms with E-state index in [2.05, 4.69) is 26.0 Å². The maximum atomic E-state index is 12.0. The lowest BCUT2D eigenvalue weighted by Crippen LogP contribution is -2.33. The number of carbonyl (C=O) groups is 2. The van der Waals surface area contributed by atoms with E-state index < -0.39 is 0 Å². The van der Waals surface area contributed by atoms with Gasteiger partial charge in [-0.15, -0.1) is 0 Å². The summed E-state index contributed by atoms with van der Waals surface area (Å²) >= 11 is 0. The summed E-state index contributed by atoms with van der Waals surface area (Å²) in [6.07, 6.45) is 6.53. The molecule has 1 atom stereocenters. The molecule has 0 bridgehead atoms. The molecular weight excluding hydrogens is 250 g/mol. The Balaban J connectivity index is 2.09. The fourth-order valence-corrected chi connectivity index (χ4v) is 3.51. The van der Waals surface area contributed by atoms with Gasteiger partial charge in [0, 0.05) is 12.2 Å². The highest BCUT2D eigenvalue weighted by atomic mass is 16.2. The zero-order valence-electron chi connectivity index (χ0n) is 12.0. The summed E-state index contributed by atoms with van der Waals surface area (Å²) in [5, 5.41) is 0. The normalized spacial score (nSPS) is 20.9. The van der Waals surface area contributed by atoms with E-state index >= 15 is 0 Å². The maximum absolute atomic E-state index is 12.0. The Labute approximate surface area is 119 Å². The molecular formula is C17H19NO2. The van der Waals surface area contributed by atoms with E-state index in [1.165, 1.54) is 39.3 Å². The van der Waals surface area contributed by atoms with E-state index in [0.717, 1.165) is 25.7 Å². The van der Waals surface area contributed by atoms with Crippen molar-refractivity contribution < 1.29 is 9.59 Å². The van der Waals surface area contributed by atoms with Gasteiger partial charge < -0.3 is 0 Å². The highest BCUT2D eigenvalue weighted by molar-refractivity contribution is 6.13. The first-order valence-electron chi connectivity index (χ1n) is 7.36. The molecule has 3 heteroatoms. The number of imide groups is 1. The molecule has 0 radical (unpaired) electrons. The molecule has 1 aromatic rings. The van der Waals surface area contributed by atoms with E-state index in [-0.39, 0.29) is 17.9 Å². The van der Waals surface area contributed by atoms with E-state index in [1.54, 1.807) is 0 Å². The van der Waals surface area contributed by atoms with Crippen molar-refractivity contribution in [3.05, 3.63) is 46.5 Å². The molecule has 104 valence electrons. The third-order valence-corrected chi connectivity index (χ3v) is 4.46. The highest BCUT2D eigenvalue weighted by Crippen LogP contribution is 2.41. The third-order valence-electron chi connectivity index (χ3n) is 4.46. The van der Waals surface area contributed by atoms with Crippen molar-refractivity contribution in [3.8, 4) is 0 Å². The number of amides is 2. The van der Waals surface area contributed by atoms with Crippen molar-refractivity contribution in [1.82, 2.24) is 4.90 Å². The van der Waals surface area contributed by atoms with Gasteiger partial charge in [-0.25, -0.2) is 0 Å². The van der Waals surface area contributed by atoms with Crippen LogP contribution in [-0.4, -0.2) is 16.7 Å². The van der Waals surface area contributed by atoms with Crippen LogP contribution in [0.15, 0.2) is 24.3 Å². The van der Waals surface area contributed by atoms with E-state index in [1.807, 2.05) is 0 Å². The van der Waals surface area contributed by atoms with Gasteiger partial charge in [-0.05, 0) is 47.9 Å². The molecule has 0 saturated carbocycles. The monoisotopic (exact) mass is 269 g/mol. The second-order valence-electron chi connectivity index (χ2n) is 5.42. The SMILES string of the molecule is CCc1ccc(CC)c2c1CC[C@@H]2N1C(=O)C=CC1=O. The third kappa shape index (κ3) is 1.80. The number of aryl methyl sites for hydroxylation is 2. The molecule has 0 N–H and O–H groups in total. The molecule has 2 amide bonds. The van der Waals surface area contributed by atoms with Gasteiger partial charge in [0.1, 0.15) is 0 Å². The second kappa shape index (κ2) is 4.89. The highest BCUT2D eigenvalue weighted by Gasteiger charge is 2.37. The van der Waals surface area contributed by atoms with Gasteiger partial charge >= 0.3 is 0 Å². The van der Waals surface area contributed by atoms with Gasteiger partial charge in [0.25, 0.3) is 11.8 Å². The quantitative estimate of drug-likeness (QED) is 0.791. The lowest BCUT2D eigenvalue weighted by molar-refractivity contribution is -0.139. The molecule has 1 heterocycles. The van der Waals surface area contributed by atoms with Gasteiger partial charge in [0.2, 0.25) is 0 Å². The molecule has 0 saturated heterocycles. The number of rotatable bonds is 3. The van der Waals surface area contributed by atoms with Crippen LogP contribution in [0, 0.1) is 0 Å². The Morgan fingerprint density at radius 2 is 1.65 bits per heavy atom. The van der Waals surface area contributed by atoms with Crippen LogP contribution in [0.4, 0.5) is 0 Å². The Morgan fingerprint density at radius 3 is 2.25 bits per heavy atom. The first kappa shape index (κ1) is 13.1. The molecule has 0 spiro atoms. The van der Waals surface area contributed by atoms with Crippen molar-refractivity contribution in [1.29, 1.82) is 0 Å². The molecule has 3 nitrogen and oxygen atoms in total. The van der Waals surface area contributed by atoms with E-state index in [0.29, 0.717) is 0 Å². The van der Waals surface area contributed by atoms with E-state index in [4.69, 9.17) is 0 Å². The first-order chi connectivity index (χ1) is 9.67. The van der Waals surface area contributed by atoms with E-state index in [9.17, 15) is 9.59 Å². The molecule has 1 aliphatic heterocycles. The van der Waals surface area contributed by atoms with Crippen LogP contribution in [0.1, 0.15) is 48.6 Å². The molecule has 3 rings (SSSR count). The topological polar surface area (TPSA) is 37.4 Å². The average Bonchev–Trinajstić information content (AvgIpc) is 3.02. The van der Waals surface area contributed by atoms with Crippen molar-refractivity contribution in [2.75, 3.05) is 0 Å². The van der Waals surface area contributed by atoms with Crippen molar-refractivity contribution >= 4 is 11.8 Å². The molecule has 20 heavy (non-hydrogen) atoms. The van der Waals surface area contributed by atoms with Crippen LogP contribution in [-0.2, 0) is 28.9 Å². The Bertz CT molecular complexity index is 598. The van der Waals surface area contributed by atoms with Crippen molar-refractivity contribution in [2.45, 2.75) is 45.6 Å². The zero-order chi connectivity index (χ0) is 14.3. The fraction of sp³-hybridized carbons (Fsp3) is 0.412. The number of hydrogen-bond donors (Lipinski definition) is 0. The first-order valence-corrected chi connectivity index (χ1v) is 7.36. The van der Waals surface area contributed by atoms with Gasteiger partial charge in [0.05, 0.1) is 6.04 Å². The zero-order valence-corrected chi connectivity index (χ0v) is 12.0. The maximum Gasteiger partial charge on any atom is 0.254 e. The van der Waals surface area contributed by atoms with Gasteiger partial charge in [-0.2, -0.15) is 0 Å². The lowest BCUT2D eigenvalue weighted by atomic mass is 9.93. The minimum atomic E-state index is -0.170. The molecule has 1 aliphatic carbocycles. The number of fused-ring (bicyclic) bond motifs is 1. The summed E-state index contributed by atoms with van der Waals surface area (Å²) in [7, 11) is 0. The molecule has 2 aliphatic rings. The summed E-state index contributed by atoms with van der Waals surface area (Å²) in [5.74, 6) is -0.339. The summed E-state index contributed by atoms with van der Waals surface area (Å²) in [6, 6.07) is 4.29. The standard InChI is InChI=1S/C17H19NO2/c1-3-11-5-6-12(4-2)17-13(11)7-8-14(17)18-15(19)9-10-16(18)20/h5-6,9-10,14H,3-4,7-8H2,1-2H3/t14-/m0/s1. The summed E-state index contributed by atoms with van der Waals surface area (Å²) < 4.78 is 0. The molecule has 0 unspecified atom stereocenters. The van der Waals surface area contributed by atoms with Crippen molar-refractivity contribution in [3.63, 3.8) is 0 Å². The van der Waals surface area contributed by atoms with Crippen LogP contribution < -0.4 is 0 Å². The number of carbonyl (C=O) groups excluding carboxylic acids is 2. The Kier molecular flexibility index (Phi) is 3.20. The Hall–Kier alpha value is -1.90. The van der Waals surface area contributed by atoms with Crippen LogP contribution in [0.5, 0.6) is 0 Å². The van der Waals surface area contributed by atoms with Crippen LogP contribution in [0.25, 0.3) is 0 Å². The number of nitrogens with zero attached hydrogens (tertiary/aromatic N) is 1. The minimum Gasteiger partial charge on any atom is -0.269 e. The molecule has 0 aromatic heterocycles. The summed E-state index contributed by atoms with van der Waals surface area (Å²) in [6.45, 7) is 4.28. The summed E-state index contributed by atoms with van der Waals surface area (Å²) in [5.41, 5.74) is 5.22. The predicted octanol–water partition coefficient (Wildman–Crippen LogP) is 2.72. The molecule has 1 aromatic carbocycles. The summed E-state index contributed by atoms with van der Waals surface area (Å²) in [4.78, 5) is 25.3. The number of hydrogen-bond acceptors (Lipinski definition) is 2. The lowest BCUT2D eigenvalue weighted by Gasteiger charge is -2.25. The van der Waals surface area contributed by atoms with Crippen LogP contribution in [0.2, 0.25) is 0 Å². The number of benzene rings is 1. The fourth-order valence-electron chi connectivity index (χ4n) is 3.51. The minimum absolute atomic E-state index is 0.0681. The average molecular weight is 269 g/mol. The Morgan fingerprint density at radius 1 is 1.05 bits per heavy atom. The van der Waals surface area contributed by atoms with Crippen LogP contribution >= 0.6 is 0 Å². The predicted molar refractivity (Wildman–Crippen MR) is 77.3 cm³/mol. The largest absolute Gasteiger partial charge is 0.269 e. The second-order valence-corrected chi connectivity index (χ2v) is 5.42. The van der Waals surface area contributed by atoms with Crippen molar-refractivity contribution in [2.24, 2.45) is 0 Å². The van der Waals surface area contributed by atoms with Crippen LogP contribution in [0.3, 0.4) is 0 Å². The van der Waals surface area contributed by atoms with Gasteiger partial charge in [-0.3, -0.25) is 14.5 Å². The van der Waals surface area contributed by atoms with Gasteiger partial charge in [0.15, 0.2) is 0 Å². The smallest absolute Gasteiger partial charge is 0.254 e. The molecule has 0 fully saturated rings. The van der Waals surface area contributed by atoms with Gasteiger partial charge in [-0.1, -0.05) is 26.0 Å².